The van der Waals surface area contributed by atoms with Gasteiger partial charge >= 0.3 is 0 Å². The van der Waals surface area contributed by atoms with Crippen molar-refractivity contribution in [2.24, 2.45) is 15.0 Å². The van der Waals surface area contributed by atoms with Gasteiger partial charge in [-0.1, -0.05) is 140 Å². The average Bonchev–Trinajstić information content (AvgIpc) is 3.79. The molecule has 10 rings (SSSR count). The second-order valence-corrected chi connectivity index (χ2v) is 14.3. The van der Waals surface area contributed by atoms with Crippen LogP contribution in [0.15, 0.2) is 209 Å². The highest BCUT2D eigenvalue weighted by Gasteiger charge is 2.38. The van der Waals surface area contributed by atoms with Gasteiger partial charge in [0.15, 0.2) is 11.7 Å². The number of rotatable bonds is 7. The van der Waals surface area contributed by atoms with E-state index >= 15 is 0 Å². The Kier molecular flexibility index (Phi) is 8.76. The molecule has 2 unspecified atom stereocenters. The van der Waals surface area contributed by atoms with Crippen molar-refractivity contribution in [3.8, 4) is 5.82 Å². The van der Waals surface area contributed by atoms with Gasteiger partial charge in [0.25, 0.3) is 0 Å². The second-order valence-electron chi connectivity index (χ2n) is 14.3. The third-order valence-electron chi connectivity index (χ3n) is 11.0. The fourth-order valence-electron chi connectivity index (χ4n) is 8.34. The quantitative estimate of drug-likeness (QED) is 0.121. The van der Waals surface area contributed by atoms with Crippen LogP contribution in [-0.4, -0.2) is 34.0 Å². The van der Waals surface area contributed by atoms with Crippen LogP contribution in [0.3, 0.4) is 0 Å². The molecular formula is C51H38N6. The summed E-state index contributed by atoms with van der Waals surface area (Å²) in [5.74, 6) is 2.26. The Balaban J connectivity index is 1.06. The number of hydrogen-bond donors (Lipinski definition) is 0. The van der Waals surface area contributed by atoms with E-state index < -0.39 is 0 Å². The molecule has 6 nitrogen and oxygen atoms in total. The van der Waals surface area contributed by atoms with Crippen LogP contribution in [0, 0.1) is 0 Å². The molecule has 3 heterocycles. The number of anilines is 2. The first-order valence-electron chi connectivity index (χ1n) is 19.3. The zero-order valence-corrected chi connectivity index (χ0v) is 31.2. The van der Waals surface area contributed by atoms with Crippen molar-refractivity contribution in [1.82, 2.24) is 9.55 Å². The Morgan fingerprint density at radius 2 is 1.40 bits per heavy atom. The average molecular weight is 735 g/mol. The highest BCUT2D eigenvalue weighted by atomic mass is 15.2. The lowest BCUT2D eigenvalue weighted by molar-refractivity contribution is 0.747. The summed E-state index contributed by atoms with van der Waals surface area (Å²) >= 11 is 0. The molecule has 272 valence electrons. The molecule has 1 aliphatic carbocycles. The fraction of sp³-hybridized carbons (Fsp3) is 0.0588. The maximum Gasteiger partial charge on any atom is 0.161 e. The topological polar surface area (TPSA) is 58.1 Å². The van der Waals surface area contributed by atoms with Crippen LogP contribution in [-0.2, 0) is 6.54 Å². The van der Waals surface area contributed by atoms with Crippen LogP contribution in [0.25, 0.3) is 33.2 Å². The molecule has 2 atom stereocenters. The summed E-state index contributed by atoms with van der Waals surface area (Å²) in [6.07, 6.45) is 8.92. The molecule has 0 saturated carbocycles. The van der Waals surface area contributed by atoms with E-state index in [0.29, 0.717) is 18.2 Å². The normalized spacial score (nSPS) is 16.4. The summed E-state index contributed by atoms with van der Waals surface area (Å²) in [6.45, 7) is 4.35. The molecule has 0 fully saturated rings. The van der Waals surface area contributed by atoms with Gasteiger partial charge in [-0.2, -0.15) is 0 Å². The molecule has 0 spiro atoms. The maximum absolute atomic E-state index is 5.05. The minimum absolute atomic E-state index is 0.0755. The summed E-state index contributed by atoms with van der Waals surface area (Å²) in [6, 6.07) is 59.2. The number of nitrogens with zero attached hydrogens (tertiary/aromatic N) is 6. The molecule has 6 aromatic carbocycles. The number of allylic oxidation sites excluding steroid dienone is 2. The van der Waals surface area contributed by atoms with Gasteiger partial charge < -0.3 is 4.90 Å². The number of aliphatic imine (C=N–C) groups is 3. The van der Waals surface area contributed by atoms with Crippen molar-refractivity contribution >= 4 is 57.1 Å². The summed E-state index contributed by atoms with van der Waals surface area (Å²) in [5, 5.41) is 2.40. The van der Waals surface area contributed by atoms with Gasteiger partial charge in [0.1, 0.15) is 5.82 Å². The third kappa shape index (κ3) is 6.27. The Hall–Kier alpha value is -7.44. The molecule has 6 heteroatoms. The van der Waals surface area contributed by atoms with Gasteiger partial charge in [-0.25, -0.2) is 15.0 Å². The van der Waals surface area contributed by atoms with E-state index in [4.69, 9.17) is 15.0 Å². The van der Waals surface area contributed by atoms with Crippen LogP contribution in [0.4, 0.5) is 11.4 Å². The molecule has 2 aromatic heterocycles. The summed E-state index contributed by atoms with van der Waals surface area (Å²) in [5.41, 5.74) is 11.1. The third-order valence-corrected chi connectivity index (χ3v) is 11.0. The van der Waals surface area contributed by atoms with Crippen molar-refractivity contribution in [1.29, 1.82) is 0 Å². The van der Waals surface area contributed by atoms with Crippen LogP contribution in [0.1, 0.15) is 33.7 Å². The van der Waals surface area contributed by atoms with Gasteiger partial charge in [-0.3, -0.25) is 9.56 Å². The SMILES string of the molecule is C=N/C(=N\C(=N/Cc1ccccc1)c1cccc(C2=CC3C(C=C2)c2ccccc2N3c2ccc3c(c2)c2ccccc2n3-c2ccccn2)c1)c1ccccc1. The Labute approximate surface area is 331 Å². The molecule has 0 bridgehead atoms. The van der Waals surface area contributed by atoms with Crippen molar-refractivity contribution in [3.63, 3.8) is 0 Å². The maximum atomic E-state index is 5.05. The predicted octanol–water partition coefficient (Wildman–Crippen LogP) is 11.5. The lowest BCUT2D eigenvalue weighted by Gasteiger charge is -2.30. The second kappa shape index (κ2) is 14.7. The van der Waals surface area contributed by atoms with Crippen molar-refractivity contribution < 1.29 is 0 Å². The van der Waals surface area contributed by atoms with E-state index in [0.717, 1.165) is 50.4 Å². The molecule has 8 aromatic rings. The zero-order chi connectivity index (χ0) is 38.1. The minimum Gasteiger partial charge on any atom is -0.333 e. The monoisotopic (exact) mass is 734 g/mol. The zero-order valence-electron chi connectivity index (χ0n) is 31.2. The first-order valence-corrected chi connectivity index (χ1v) is 19.3. The standard InChI is InChI=1S/C51H38N6/c1-52-50(36-17-6-3-7-18-36)55-51(54-34-35-15-4-2-5-16-35)39-20-14-19-37(31-39)38-26-28-43-41-21-8-10-23-45(41)56(48(43)32-38)40-27-29-47-44(33-40)42-22-9-11-24-46(42)57(47)49-25-12-13-30-53-49/h2-33,43,48H,1,34H2/b54-51-,55-50-. The number of para-hydroxylation sites is 2. The molecule has 2 aliphatic rings. The van der Waals surface area contributed by atoms with E-state index in [1.54, 1.807) is 0 Å². The first-order chi connectivity index (χ1) is 28.2. The summed E-state index contributed by atoms with van der Waals surface area (Å²) in [7, 11) is 0. The lowest BCUT2D eigenvalue weighted by Crippen LogP contribution is -2.29. The Morgan fingerprint density at radius 1 is 0.649 bits per heavy atom. The number of benzene rings is 6. The highest BCUT2D eigenvalue weighted by Crippen LogP contribution is 2.50. The van der Waals surface area contributed by atoms with Crippen LogP contribution >= 0.6 is 0 Å². The van der Waals surface area contributed by atoms with Crippen LogP contribution in [0.2, 0.25) is 0 Å². The molecule has 0 N–H and O–H groups in total. The number of aromatic nitrogens is 2. The molecule has 1 aliphatic heterocycles. The molecule has 0 amide bonds. The highest BCUT2D eigenvalue weighted by molar-refractivity contribution is 6.13. The number of pyridine rings is 1. The van der Waals surface area contributed by atoms with E-state index in [-0.39, 0.29) is 12.0 Å². The molecule has 57 heavy (non-hydrogen) atoms. The van der Waals surface area contributed by atoms with Gasteiger partial charge in [-0.15, -0.1) is 0 Å². The smallest absolute Gasteiger partial charge is 0.161 e. The molecule has 0 radical (unpaired) electrons. The van der Waals surface area contributed by atoms with E-state index in [9.17, 15) is 0 Å². The minimum atomic E-state index is 0.0755. The largest absolute Gasteiger partial charge is 0.333 e. The molecular weight excluding hydrogens is 697 g/mol. The van der Waals surface area contributed by atoms with E-state index in [1.165, 1.54) is 22.0 Å². The number of fused-ring (bicyclic) bond motifs is 6. The van der Waals surface area contributed by atoms with Crippen molar-refractivity contribution in [2.45, 2.75) is 18.5 Å². The predicted molar refractivity (Wildman–Crippen MR) is 236 cm³/mol. The summed E-state index contributed by atoms with van der Waals surface area (Å²) in [4.78, 5) is 21.6. The van der Waals surface area contributed by atoms with Gasteiger partial charge in [0.05, 0.1) is 23.6 Å². The molecule has 0 saturated heterocycles. The van der Waals surface area contributed by atoms with E-state index in [1.807, 2.05) is 66.9 Å². The van der Waals surface area contributed by atoms with Crippen LogP contribution < -0.4 is 4.90 Å². The number of hydrogen-bond acceptors (Lipinski definition) is 3. The Morgan fingerprint density at radius 3 is 2.25 bits per heavy atom. The first kappa shape index (κ1) is 34.1. The summed E-state index contributed by atoms with van der Waals surface area (Å²) < 4.78 is 2.26. The lowest BCUT2D eigenvalue weighted by atomic mass is 9.86. The fourth-order valence-corrected chi connectivity index (χ4v) is 8.34. The van der Waals surface area contributed by atoms with E-state index in [2.05, 4.69) is 149 Å². The number of amidine groups is 2. The van der Waals surface area contributed by atoms with Gasteiger partial charge in [0.2, 0.25) is 0 Å². The van der Waals surface area contributed by atoms with Crippen LogP contribution in [0.5, 0.6) is 0 Å². The van der Waals surface area contributed by atoms with Gasteiger partial charge in [0, 0.05) is 45.4 Å². The van der Waals surface area contributed by atoms with Gasteiger partial charge in [-0.05, 0) is 77.5 Å². The Bertz CT molecular complexity index is 2900. The van der Waals surface area contributed by atoms with Crippen molar-refractivity contribution in [3.05, 3.63) is 222 Å². The van der Waals surface area contributed by atoms with Crippen molar-refractivity contribution in [2.75, 3.05) is 4.90 Å².